The lowest BCUT2D eigenvalue weighted by Crippen LogP contribution is -2.45. The van der Waals surface area contributed by atoms with Gasteiger partial charge in [0.2, 0.25) is 0 Å². The zero-order valence-corrected chi connectivity index (χ0v) is 10.3. The molecule has 94 valence electrons. The van der Waals surface area contributed by atoms with Crippen molar-refractivity contribution in [2.45, 2.75) is 46.1 Å². The molecule has 16 heavy (non-hydrogen) atoms. The second-order valence-corrected chi connectivity index (χ2v) is 3.71. The van der Waals surface area contributed by atoms with Crippen LogP contribution in [0.4, 0.5) is 4.79 Å². The summed E-state index contributed by atoms with van der Waals surface area (Å²) < 4.78 is 0. The van der Waals surface area contributed by atoms with E-state index in [-0.39, 0.29) is 18.5 Å². The van der Waals surface area contributed by atoms with Gasteiger partial charge in [-0.3, -0.25) is 4.79 Å². The van der Waals surface area contributed by atoms with Gasteiger partial charge in [-0.25, -0.2) is 4.79 Å². The molecule has 0 aliphatic heterocycles. The maximum atomic E-state index is 11.7. The highest BCUT2D eigenvalue weighted by Gasteiger charge is 2.17. The lowest BCUT2D eigenvalue weighted by molar-refractivity contribution is -0.137. The Kier molecular flexibility index (Phi) is 7.33. The van der Waals surface area contributed by atoms with Gasteiger partial charge in [0.25, 0.3) is 0 Å². The molecule has 2 amide bonds. The Morgan fingerprint density at radius 1 is 1.25 bits per heavy atom. The van der Waals surface area contributed by atoms with Crippen molar-refractivity contribution in [2.75, 3.05) is 13.1 Å². The molecule has 0 aromatic carbocycles. The van der Waals surface area contributed by atoms with Crippen LogP contribution in [0.3, 0.4) is 0 Å². The van der Waals surface area contributed by atoms with Crippen LogP contribution >= 0.6 is 0 Å². The summed E-state index contributed by atoms with van der Waals surface area (Å²) in [6, 6.07) is -0.444. The summed E-state index contributed by atoms with van der Waals surface area (Å²) in [5.41, 5.74) is 0. The minimum absolute atomic E-state index is 0.0130. The first-order chi connectivity index (χ1) is 7.54. The van der Waals surface area contributed by atoms with E-state index in [0.29, 0.717) is 19.5 Å². The Labute approximate surface area is 96.8 Å². The topological polar surface area (TPSA) is 69.6 Å². The van der Waals surface area contributed by atoms with Crippen LogP contribution < -0.4 is 5.32 Å². The Morgan fingerprint density at radius 2 is 1.81 bits per heavy atom. The van der Waals surface area contributed by atoms with E-state index in [2.05, 4.69) is 5.32 Å². The smallest absolute Gasteiger partial charge is 0.317 e. The number of rotatable bonds is 7. The molecule has 0 saturated heterocycles. The SMILES string of the molecule is CCCC(CC(=O)O)NC(=O)N(CC)CC. The lowest BCUT2D eigenvalue weighted by Gasteiger charge is -2.23. The quantitative estimate of drug-likeness (QED) is 0.699. The number of carboxylic acid groups (broad SMARTS) is 1. The van der Waals surface area contributed by atoms with Crippen molar-refractivity contribution in [1.82, 2.24) is 10.2 Å². The fraction of sp³-hybridized carbons (Fsp3) is 0.818. The lowest BCUT2D eigenvalue weighted by atomic mass is 10.1. The zero-order valence-electron chi connectivity index (χ0n) is 10.3. The van der Waals surface area contributed by atoms with Crippen LogP contribution in [0.15, 0.2) is 0 Å². The molecule has 0 aromatic rings. The van der Waals surface area contributed by atoms with Crippen molar-refractivity contribution < 1.29 is 14.7 Å². The van der Waals surface area contributed by atoms with E-state index >= 15 is 0 Å². The molecule has 0 radical (unpaired) electrons. The molecule has 0 fully saturated rings. The molecule has 0 heterocycles. The number of carbonyl (C=O) groups excluding carboxylic acids is 1. The number of carboxylic acids is 1. The Balaban J connectivity index is 4.26. The molecule has 5 nitrogen and oxygen atoms in total. The number of hydrogen-bond acceptors (Lipinski definition) is 2. The van der Waals surface area contributed by atoms with E-state index in [4.69, 9.17) is 5.11 Å². The van der Waals surface area contributed by atoms with Gasteiger partial charge in [-0.1, -0.05) is 13.3 Å². The Hall–Kier alpha value is -1.26. The molecular weight excluding hydrogens is 208 g/mol. The maximum absolute atomic E-state index is 11.7. The first-order valence-electron chi connectivity index (χ1n) is 5.82. The standard InChI is InChI=1S/C11H22N2O3/c1-4-7-9(8-10(14)15)12-11(16)13(5-2)6-3/h9H,4-8H2,1-3H3,(H,12,16)(H,14,15). The summed E-state index contributed by atoms with van der Waals surface area (Å²) in [5.74, 6) is -0.877. The van der Waals surface area contributed by atoms with Gasteiger partial charge in [0.15, 0.2) is 0 Å². The fourth-order valence-electron chi connectivity index (χ4n) is 1.56. The highest BCUT2D eigenvalue weighted by Crippen LogP contribution is 2.03. The molecule has 0 aromatic heterocycles. The number of nitrogens with one attached hydrogen (secondary N) is 1. The van der Waals surface area contributed by atoms with Crippen molar-refractivity contribution in [2.24, 2.45) is 0 Å². The second kappa shape index (κ2) is 7.96. The third-order valence-corrected chi connectivity index (χ3v) is 2.44. The Bertz CT molecular complexity index is 227. The summed E-state index contributed by atoms with van der Waals surface area (Å²) in [7, 11) is 0. The number of amides is 2. The van der Waals surface area contributed by atoms with Crippen molar-refractivity contribution in [3.63, 3.8) is 0 Å². The maximum Gasteiger partial charge on any atom is 0.317 e. The van der Waals surface area contributed by atoms with Crippen LogP contribution in [0.2, 0.25) is 0 Å². The third-order valence-electron chi connectivity index (χ3n) is 2.44. The summed E-state index contributed by atoms with van der Waals surface area (Å²) >= 11 is 0. The minimum atomic E-state index is -0.877. The van der Waals surface area contributed by atoms with Gasteiger partial charge in [-0.2, -0.15) is 0 Å². The fourth-order valence-corrected chi connectivity index (χ4v) is 1.56. The molecule has 5 heteroatoms. The summed E-state index contributed by atoms with van der Waals surface area (Å²) in [6.07, 6.45) is 1.54. The highest BCUT2D eigenvalue weighted by molar-refractivity contribution is 5.75. The summed E-state index contributed by atoms with van der Waals surface area (Å²) in [4.78, 5) is 23.9. The van der Waals surface area contributed by atoms with Crippen LogP contribution in [0.25, 0.3) is 0 Å². The second-order valence-electron chi connectivity index (χ2n) is 3.71. The summed E-state index contributed by atoms with van der Waals surface area (Å²) in [5, 5.41) is 11.5. The van der Waals surface area contributed by atoms with E-state index in [9.17, 15) is 9.59 Å². The molecule has 0 rings (SSSR count). The van der Waals surface area contributed by atoms with Crippen LogP contribution in [0, 0.1) is 0 Å². The van der Waals surface area contributed by atoms with E-state index in [1.165, 1.54) is 0 Å². The highest BCUT2D eigenvalue weighted by atomic mass is 16.4. The van der Waals surface area contributed by atoms with E-state index in [1.807, 2.05) is 20.8 Å². The number of carbonyl (C=O) groups is 2. The number of nitrogens with zero attached hydrogens (tertiary/aromatic N) is 1. The van der Waals surface area contributed by atoms with Crippen molar-refractivity contribution in [1.29, 1.82) is 0 Å². The molecule has 1 unspecified atom stereocenters. The van der Waals surface area contributed by atoms with Gasteiger partial charge < -0.3 is 15.3 Å². The van der Waals surface area contributed by atoms with Crippen LogP contribution in [-0.4, -0.2) is 41.1 Å². The van der Waals surface area contributed by atoms with Gasteiger partial charge in [0, 0.05) is 19.1 Å². The number of aliphatic carboxylic acids is 1. The van der Waals surface area contributed by atoms with Crippen LogP contribution in [0.1, 0.15) is 40.0 Å². The average Bonchev–Trinajstić information content (AvgIpc) is 2.18. The van der Waals surface area contributed by atoms with Gasteiger partial charge in [-0.15, -0.1) is 0 Å². The normalized spacial score (nSPS) is 11.9. The number of urea groups is 1. The van der Waals surface area contributed by atoms with Gasteiger partial charge in [0.05, 0.1) is 6.42 Å². The first-order valence-corrected chi connectivity index (χ1v) is 5.82. The van der Waals surface area contributed by atoms with Gasteiger partial charge in [0.1, 0.15) is 0 Å². The molecule has 0 aliphatic carbocycles. The zero-order chi connectivity index (χ0) is 12.6. The van der Waals surface area contributed by atoms with E-state index < -0.39 is 5.97 Å². The molecular formula is C11H22N2O3. The minimum Gasteiger partial charge on any atom is -0.481 e. The van der Waals surface area contributed by atoms with E-state index in [0.717, 1.165) is 6.42 Å². The molecule has 0 bridgehead atoms. The monoisotopic (exact) mass is 230 g/mol. The van der Waals surface area contributed by atoms with Crippen LogP contribution in [-0.2, 0) is 4.79 Å². The third kappa shape index (κ3) is 5.58. The first kappa shape index (κ1) is 14.7. The van der Waals surface area contributed by atoms with Gasteiger partial charge in [-0.05, 0) is 20.3 Å². The molecule has 0 spiro atoms. The van der Waals surface area contributed by atoms with Crippen LogP contribution in [0.5, 0.6) is 0 Å². The van der Waals surface area contributed by atoms with Gasteiger partial charge >= 0.3 is 12.0 Å². The van der Waals surface area contributed by atoms with Crippen molar-refractivity contribution >= 4 is 12.0 Å². The molecule has 0 aliphatic rings. The molecule has 0 saturated carbocycles. The van der Waals surface area contributed by atoms with Crippen molar-refractivity contribution in [3.8, 4) is 0 Å². The molecule has 1 atom stereocenters. The number of hydrogen-bond donors (Lipinski definition) is 2. The Morgan fingerprint density at radius 3 is 2.19 bits per heavy atom. The largest absolute Gasteiger partial charge is 0.481 e. The average molecular weight is 230 g/mol. The summed E-state index contributed by atoms with van der Waals surface area (Å²) in [6.45, 7) is 7.03. The van der Waals surface area contributed by atoms with E-state index in [1.54, 1.807) is 4.90 Å². The van der Waals surface area contributed by atoms with Crippen molar-refractivity contribution in [3.05, 3.63) is 0 Å². The predicted octanol–water partition coefficient (Wildman–Crippen LogP) is 1.68. The predicted molar refractivity (Wildman–Crippen MR) is 62.4 cm³/mol. The molecule has 2 N–H and O–H groups in total.